The van der Waals surface area contributed by atoms with Gasteiger partial charge in [-0.25, -0.2) is 0 Å². The quantitative estimate of drug-likeness (QED) is 0.623. The van der Waals surface area contributed by atoms with Crippen molar-refractivity contribution < 1.29 is 9.53 Å². The number of hydrogen-bond donors (Lipinski definition) is 1. The maximum atomic E-state index is 12.9. The second-order valence-corrected chi connectivity index (χ2v) is 8.66. The van der Waals surface area contributed by atoms with Gasteiger partial charge in [-0.05, 0) is 85.8 Å². The third-order valence-corrected chi connectivity index (χ3v) is 5.96. The van der Waals surface area contributed by atoms with Crippen molar-refractivity contribution in [1.29, 1.82) is 0 Å². The van der Waals surface area contributed by atoms with E-state index in [1.807, 2.05) is 19.9 Å². The highest BCUT2D eigenvalue weighted by atomic mass is 16.5. The van der Waals surface area contributed by atoms with Crippen molar-refractivity contribution >= 4 is 5.91 Å². The first-order valence-electron chi connectivity index (χ1n) is 11.1. The summed E-state index contributed by atoms with van der Waals surface area (Å²) < 4.78 is 6.11. The van der Waals surface area contributed by atoms with E-state index in [-0.39, 0.29) is 11.9 Å². The molecule has 156 valence electrons. The van der Waals surface area contributed by atoms with Gasteiger partial charge in [-0.3, -0.25) is 4.79 Å². The van der Waals surface area contributed by atoms with Crippen molar-refractivity contribution in [3.63, 3.8) is 0 Å². The largest absolute Gasteiger partial charge is 0.481 e. The van der Waals surface area contributed by atoms with Crippen LogP contribution in [-0.4, -0.2) is 12.0 Å². The van der Waals surface area contributed by atoms with E-state index in [1.54, 1.807) is 0 Å². The van der Waals surface area contributed by atoms with Gasteiger partial charge in [-0.15, -0.1) is 0 Å². The van der Waals surface area contributed by atoms with Gasteiger partial charge in [0.25, 0.3) is 5.91 Å². The van der Waals surface area contributed by atoms with Crippen molar-refractivity contribution in [2.45, 2.75) is 84.8 Å². The van der Waals surface area contributed by atoms with E-state index in [9.17, 15) is 4.79 Å². The normalized spacial score (nSPS) is 15.5. The Morgan fingerprint density at radius 1 is 1.03 bits per heavy atom. The number of carbonyl (C=O) groups excluding carboxylic acids is 1. The highest BCUT2D eigenvalue weighted by molar-refractivity contribution is 5.81. The van der Waals surface area contributed by atoms with E-state index in [4.69, 9.17) is 4.74 Å². The zero-order valence-corrected chi connectivity index (χ0v) is 18.5. The zero-order chi connectivity index (χ0) is 21.0. The van der Waals surface area contributed by atoms with E-state index in [0.29, 0.717) is 5.92 Å². The lowest BCUT2D eigenvalue weighted by atomic mass is 9.89. The molecule has 3 heteroatoms. The Morgan fingerprint density at radius 2 is 1.76 bits per heavy atom. The lowest BCUT2D eigenvalue weighted by Crippen LogP contribution is -2.38. The summed E-state index contributed by atoms with van der Waals surface area (Å²) in [5.74, 6) is 1.09. The van der Waals surface area contributed by atoms with Gasteiger partial charge in [-0.1, -0.05) is 51.1 Å². The summed E-state index contributed by atoms with van der Waals surface area (Å²) >= 11 is 0. The summed E-state index contributed by atoms with van der Waals surface area (Å²) in [7, 11) is 0. The molecule has 1 aliphatic carbocycles. The summed E-state index contributed by atoms with van der Waals surface area (Å²) in [6, 6.07) is 13.0. The lowest BCUT2D eigenvalue weighted by Gasteiger charge is -2.24. The molecule has 1 N–H and O–H groups in total. The molecule has 0 spiro atoms. The zero-order valence-electron chi connectivity index (χ0n) is 18.5. The molecule has 0 saturated heterocycles. The summed E-state index contributed by atoms with van der Waals surface area (Å²) in [6.07, 6.45) is 5.20. The molecule has 2 aromatic rings. The van der Waals surface area contributed by atoms with Crippen molar-refractivity contribution in [2.75, 3.05) is 0 Å². The van der Waals surface area contributed by atoms with Crippen molar-refractivity contribution in [2.24, 2.45) is 0 Å². The predicted octanol–water partition coefficient (Wildman–Crippen LogP) is 6.03. The molecule has 0 fully saturated rings. The van der Waals surface area contributed by atoms with Crippen LogP contribution in [0.25, 0.3) is 0 Å². The molecule has 2 aromatic carbocycles. The fraction of sp³-hybridized carbons (Fsp3) is 0.500. The second kappa shape index (κ2) is 9.47. The van der Waals surface area contributed by atoms with Crippen LogP contribution in [0.2, 0.25) is 0 Å². The molecule has 0 aliphatic heterocycles. The first-order chi connectivity index (χ1) is 13.9. The summed E-state index contributed by atoms with van der Waals surface area (Å²) in [5.41, 5.74) is 6.40. The van der Waals surface area contributed by atoms with Crippen LogP contribution in [0.3, 0.4) is 0 Å². The van der Waals surface area contributed by atoms with Crippen LogP contribution >= 0.6 is 0 Å². The number of benzene rings is 2. The van der Waals surface area contributed by atoms with Crippen molar-refractivity contribution in [3.05, 3.63) is 64.2 Å². The number of rotatable bonds is 7. The summed E-state index contributed by atoms with van der Waals surface area (Å²) in [6.45, 7) is 10.3. The van der Waals surface area contributed by atoms with Crippen LogP contribution in [0.5, 0.6) is 5.75 Å². The minimum atomic E-state index is -0.541. The number of fused-ring (bicyclic) bond motifs is 1. The van der Waals surface area contributed by atoms with Gasteiger partial charge < -0.3 is 10.1 Å². The molecule has 2 atom stereocenters. The number of hydrogen-bond acceptors (Lipinski definition) is 2. The maximum absolute atomic E-state index is 12.9. The van der Waals surface area contributed by atoms with Gasteiger partial charge in [0.2, 0.25) is 0 Å². The fourth-order valence-corrected chi connectivity index (χ4v) is 4.14. The number of amides is 1. The van der Waals surface area contributed by atoms with Crippen LogP contribution in [0.15, 0.2) is 36.4 Å². The highest BCUT2D eigenvalue weighted by Crippen LogP contribution is 2.29. The standard InChI is InChI=1S/C26H35NO2/c1-6-24(22-13-12-20-9-7-8-10-21(20)16-22)27-26(28)19(5)29-25-15-18(4)11-14-23(25)17(2)3/h11-17,19,24H,6-10H2,1-5H3,(H,27,28). The molecule has 1 amide bonds. The molecular weight excluding hydrogens is 358 g/mol. The third-order valence-electron chi connectivity index (χ3n) is 5.96. The molecule has 0 radical (unpaired) electrons. The van der Waals surface area contributed by atoms with E-state index < -0.39 is 6.10 Å². The number of carbonyl (C=O) groups is 1. The number of ether oxygens (including phenoxy) is 1. The Kier molecular flexibility index (Phi) is 7.00. The molecule has 1 aliphatic rings. The van der Waals surface area contributed by atoms with Crippen LogP contribution in [0.4, 0.5) is 0 Å². The highest BCUT2D eigenvalue weighted by Gasteiger charge is 2.22. The SMILES string of the molecule is CCC(NC(=O)C(C)Oc1cc(C)ccc1C(C)C)c1ccc2c(c1)CCCC2. The van der Waals surface area contributed by atoms with Crippen molar-refractivity contribution in [3.8, 4) is 5.75 Å². The smallest absolute Gasteiger partial charge is 0.261 e. The Balaban J connectivity index is 1.71. The fourth-order valence-electron chi connectivity index (χ4n) is 4.14. The van der Waals surface area contributed by atoms with E-state index in [0.717, 1.165) is 29.7 Å². The van der Waals surface area contributed by atoms with Crippen LogP contribution in [0, 0.1) is 6.92 Å². The van der Waals surface area contributed by atoms with Crippen molar-refractivity contribution in [1.82, 2.24) is 5.32 Å². The van der Waals surface area contributed by atoms with Gasteiger partial charge in [0.05, 0.1) is 6.04 Å². The van der Waals surface area contributed by atoms with Gasteiger partial charge >= 0.3 is 0 Å². The lowest BCUT2D eigenvalue weighted by molar-refractivity contribution is -0.128. The monoisotopic (exact) mass is 393 g/mol. The minimum absolute atomic E-state index is 0.0165. The first kappa shape index (κ1) is 21.4. The topological polar surface area (TPSA) is 38.3 Å². The molecule has 0 heterocycles. The maximum Gasteiger partial charge on any atom is 0.261 e. The average molecular weight is 394 g/mol. The molecule has 2 unspecified atom stereocenters. The summed E-state index contributed by atoms with van der Waals surface area (Å²) in [4.78, 5) is 12.9. The summed E-state index contributed by atoms with van der Waals surface area (Å²) in [5, 5.41) is 3.21. The minimum Gasteiger partial charge on any atom is -0.481 e. The Labute approximate surface area is 175 Å². The third kappa shape index (κ3) is 5.20. The van der Waals surface area contributed by atoms with E-state index >= 15 is 0 Å². The molecule has 0 bridgehead atoms. The molecule has 3 nitrogen and oxygen atoms in total. The van der Waals surface area contributed by atoms with Crippen LogP contribution < -0.4 is 10.1 Å². The number of nitrogens with one attached hydrogen (secondary N) is 1. The Bertz CT molecular complexity index is 856. The Hall–Kier alpha value is -2.29. The van der Waals surface area contributed by atoms with Gasteiger partial charge in [0.1, 0.15) is 5.75 Å². The van der Waals surface area contributed by atoms with Gasteiger partial charge in [-0.2, -0.15) is 0 Å². The second-order valence-electron chi connectivity index (χ2n) is 8.66. The van der Waals surface area contributed by atoms with Crippen LogP contribution in [-0.2, 0) is 17.6 Å². The van der Waals surface area contributed by atoms with E-state index in [2.05, 4.69) is 56.4 Å². The molecule has 0 saturated carbocycles. The van der Waals surface area contributed by atoms with Gasteiger partial charge in [0.15, 0.2) is 6.10 Å². The van der Waals surface area contributed by atoms with Crippen LogP contribution in [0.1, 0.15) is 86.7 Å². The molecule has 29 heavy (non-hydrogen) atoms. The number of aryl methyl sites for hydroxylation is 3. The first-order valence-corrected chi connectivity index (χ1v) is 11.1. The van der Waals surface area contributed by atoms with Gasteiger partial charge in [0, 0.05) is 0 Å². The predicted molar refractivity (Wildman–Crippen MR) is 120 cm³/mol. The Morgan fingerprint density at radius 3 is 2.45 bits per heavy atom. The molecular formula is C26H35NO2. The average Bonchev–Trinajstić information content (AvgIpc) is 2.71. The van der Waals surface area contributed by atoms with E-state index in [1.165, 1.54) is 36.0 Å². The molecule has 3 rings (SSSR count). The molecule has 0 aromatic heterocycles.